The minimum Gasteiger partial charge on any atom is -0.394 e. The average Bonchev–Trinajstić information content (AvgIpc) is 2.38. The van der Waals surface area contributed by atoms with Crippen LogP contribution in [0.2, 0.25) is 0 Å². The van der Waals surface area contributed by atoms with Crippen molar-refractivity contribution in [2.45, 2.75) is 31.8 Å². The summed E-state index contributed by atoms with van der Waals surface area (Å²) in [5, 5.41) is 12.0. The Bertz CT molecular complexity index is 341. The third-order valence-electron chi connectivity index (χ3n) is 2.67. The molecule has 1 rings (SSSR count). The molecule has 0 radical (unpaired) electrons. The molecule has 0 heterocycles. The fraction of sp³-hybridized carbons (Fsp3) is 0.462. The molecule has 4 heteroatoms. The molecule has 0 spiro atoms. The van der Waals surface area contributed by atoms with Crippen molar-refractivity contribution in [3.63, 3.8) is 0 Å². The van der Waals surface area contributed by atoms with E-state index in [1.54, 1.807) is 0 Å². The lowest BCUT2D eigenvalue weighted by Gasteiger charge is -2.18. The highest BCUT2D eigenvalue weighted by atomic mass is 16.3. The highest BCUT2D eigenvalue weighted by Crippen LogP contribution is 2.03. The zero-order valence-electron chi connectivity index (χ0n) is 10.1. The second-order valence-electron chi connectivity index (χ2n) is 4.09. The topological polar surface area (TPSA) is 75.4 Å². The summed E-state index contributed by atoms with van der Waals surface area (Å²) in [4.78, 5) is 11.6. The van der Waals surface area contributed by atoms with E-state index in [0.717, 1.165) is 5.56 Å². The number of benzene rings is 1. The number of nitrogens with one attached hydrogen (secondary N) is 1. The van der Waals surface area contributed by atoms with Crippen LogP contribution in [0.25, 0.3) is 0 Å². The second kappa shape index (κ2) is 7.04. The van der Waals surface area contributed by atoms with Gasteiger partial charge >= 0.3 is 0 Å². The van der Waals surface area contributed by atoms with Crippen LogP contribution in [0.4, 0.5) is 0 Å². The molecule has 0 saturated carbocycles. The van der Waals surface area contributed by atoms with Crippen LogP contribution in [-0.2, 0) is 11.2 Å². The summed E-state index contributed by atoms with van der Waals surface area (Å²) < 4.78 is 0. The van der Waals surface area contributed by atoms with E-state index in [-0.39, 0.29) is 18.6 Å². The van der Waals surface area contributed by atoms with Crippen molar-refractivity contribution in [3.05, 3.63) is 35.9 Å². The van der Waals surface area contributed by atoms with Gasteiger partial charge in [0.1, 0.15) is 0 Å². The molecule has 4 nitrogen and oxygen atoms in total. The number of rotatable bonds is 6. The zero-order chi connectivity index (χ0) is 12.7. The van der Waals surface area contributed by atoms with E-state index in [2.05, 4.69) is 5.32 Å². The maximum absolute atomic E-state index is 11.6. The number of carbonyl (C=O) groups is 1. The molecule has 0 bridgehead atoms. The summed E-state index contributed by atoms with van der Waals surface area (Å²) in [6, 6.07) is 8.96. The van der Waals surface area contributed by atoms with Gasteiger partial charge in [-0.3, -0.25) is 4.79 Å². The highest BCUT2D eigenvalue weighted by molar-refractivity contribution is 5.81. The van der Waals surface area contributed by atoms with Crippen molar-refractivity contribution in [3.8, 4) is 0 Å². The van der Waals surface area contributed by atoms with Crippen molar-refractivity contribution in [1.29, 1.82) is 0 Å². The van der Waals surface area contributed by atoms with Crippen molar-refractivity contribution < 1.29 is 9.90 Å². The lowest BCUT2D eigenvalue weighted by molar-refractivity contribution is -0.123. The van der Waals surface area contributed by atoms with Crippen LogP contribution in [0.1, 0.15) is 18.9 Å². The fourth-order valence-electron chi connectivity index (χ4n) is 1.55. The Morgan fingerprint density at radius 3 is 2.59 bits per heavy atom. The number of nitrogens with two attached hydrogens (primary N) is 1. The van der Waals surface area contributed by atoms with Gasteiger partial charge in [-0.25, -0.2) is 0 Å². The number of aliphatic hydroxyl groups excluding tert-OH is 1. The molecule has 4 N–H and O–H groups in total. The van der Waals surface area contributed by atoms with Crippen molar-refractivity contribution >= 4 is 5.91 Å². The van der Waals surface area contributed by atoms with E-state index >= 15 is 0 Å². The lowest BCUT2D eigenvalue weighted by atomic mass is 10.1. The van der Waals surface area contributed by atoms with Gasteiger partial charge in [0.25, 0.3) is 0 Å². The first-order chi connectivity index (χ1) is 8.17. The van der Waals surface area contributed by atoms with Gasteiger partial charge in [-0.15, -0.1) is 0 Å². The smallest absolute Gasteiger partial charge is 0.237 e. The molecule has 0 fully saturated rings. The third kappa shape index (κ3) is 4.54. The average molecular weight is 236 g/mol. The normalized spacial score (nSPS) is 14.1. The van der Waals surface area contributed by atoms with Gasteiger partial charge in [0.2, 0.25) is 5.91 Å². The summed E-state index contributed by atoms with van der Waals surface area (Å²) >= 11 is 0. The molecule has 94 valence electrons. The van der Waals surface area contributed by atoms with Crippen LogP contribution in [-0.4, -0.2) is 29.7 Å². The predicted molar refractivity (Wildman–Crippen MR) is 67.4 cm³/mol. The highest BCUT2D eigenvalue weighted by Gasteiger charge is 2.16. The van der Waals surface area contributed by atoms with Gasteiger partial charge in [-0.1, -0.05) is 37.3 Å². The maximum Gasteiger partial charge on any atom is 0.237 e. The number of aliphatic hydroxyl groups is 1. The van der Waals surface area contributed by atoms with Crippen LogP contribution in [0, 0.1) is 0 Å². The Hall–Kier alpha value is -1.39. The summed E-state index contributed by atoms with van der Waals surface area (Å²) in [6.45, 7) is 1.77. The van der Waals surface area contributed by atoms with E-state index in [4.69, 9.17) is 5.73 Å². The van der Waals surface area contributed by atoms with Crippen LogP contribution < -0.4 is 11.1 Å². The molecule has 1 unspecified atom stereocenters. The van der Waals surface area contributed by atoms with Gasteiger partial charge in [0.05, 0.1) is 18.7 Å². The number of carbonyl (C=O) groups excluding carboxylic acids is 1. The molecule has 0 aliphatic carbocycles. The molecule has 0 saturated heterocycles. The largest absolute Gasteiger partial charge is 0.394 e. The summed E-state index contributed by atoms with van der Waals surface area (Å²) in [5.41, 5.74) is 6.70. The molecule has 0 aromatic heterocycles. The maximum atomic E-state index is 11.6. The lowest BCUT2D eigenvalue weighted by Crippen LogP contribution is -2.47. The minimum absolute atomic E-state index is 0.0862. The molecule has 17 heavy (non-hydrogen) atoms. The van der Waals surface area contributed by atoms with Crippen LogP contribution in [0.5, 0.6) is 0 Å². The molecule has 0 aliphatic heterocycles. The number of amides is 1. The van der Waals surface area contributed by atoms with E-state index in [0.29, 0.717) is 12.8 Å². The van der Waals surface area contributed by atoms with Gasteiger partial charge in [0, 0.05) is 0 Å². The SMILES string of the molecule is CC[C@H](N)C(=O)NC(CO)Cc1ccccc1. The van der Waals surface area contributed by atoms with Gasteiger partial charge in [-0.2, -0.15) is 0 Å². The first-order valence-electron chi connectivity index (χ1n) is 5.88. The number of hydrogen-bond donors (Lipinski definition) is 3. The summed E-state index contributed by atoms with van der Waals surface area (Å²) in [5.74, 6) is -0.206. The first kappa shape index (κ1) is 13.7. The minimum atomic E-state index is -0.500. The summed E-state index contributed by atoms with van der Waals surface area (Å²) in [6.07, 6.45) is 1.20. The Morgan fingerprint density at radius 2 is 2.06 bits per heavy atom. The summed E-state index contributed by atoms with van der Waals surface area (Å²) in [7, 11) is 0. The standard InChI is InChI=1S/C13H20N2O2/c1-2-12(14)13(17)15-11(9-16)8-10-6-4-3-5-7-10/h3-7,11-12,16H,2,8-9,14H2,1H3,(H,15,17)/t11?,12-/m0/s1. The Morgan fingerprint density at radius 1 is 1.41 bits per heavy atom. The first-order valence-corrected chi connectivity index (χ1v) is 5.88. The van der Waals surface area contributed by atoms with Gasteiger partial charge in [0.15, 0.2) is 0 Å². The fourth-order valence-corrected chi connectivity index (χ4v) is 1.55. The van der Waals surface area contributed by atoms with E-state index in [1.165, 1.54) is 0 Å². The van der Waals surface area contributed by atoms with E-state index < -0.39 is 6.04 Å². The molecular formula is C13H20N2O2. The molecular weight excluding hydrogens is 216 g/mol. The Kier molecular flexibility index (Phi) is 5.66. The Balaban J connectivity index is 2.52. The Labute approximate surface area is 102 Å². The molecule has 1 aromatic carbocycles. The zero-order valence-corrected chi connectivity index (χ0v) is 10.1. The predicted octanol–water partition coefficient (Wildman–Crippen LogP) is 0.444. The number of hydrogen-bond acceptors (Lipinski definition) is 3. The third-order valence-corrected chi connectivity index (χ3v) is 2.67. The second-order valence-corrected chi connectivity index (χ2v) is 4.09. The van der Waals surface area contributed by atoms with Gasteiger partial charge in [-0.05, 0) is 18.4 Å². The van der Waals surface area contributed by atoms with E-state index in [1.807, 2.05) is 37.3 Å². The molecule has 1 amide bonds. The molecule has 0 aliphatic rings. The monoisotopic (exact) mass is 236 g/mol. The van der Waals surface area contributed by atoms with Gasteiger partial charge < -0.3 is 16.2 Å². The van der Waals surface area contributed by atoms with Crippen LogP contribution in [0.15, 0.2) is 30.3 Å². The molecule has 2 atom stereocenters. The van der Waals surface area contributed by atoms with Crippen molar-refractivity contribution in [2.24, 2.45) is 5.73 Å². The van der Waals surface area contributed by atoms with Crippen molar-refractivity contribution in [2.75, 3.05) is 6.61 Å². The van der Waals surface area contributed by atoms with Crippen molar-refractivity contribution in [1.82, 2.24) is 5.32 Å². The molecule has 1 aromatic rings. The van der Waals surface area contributed by atoms with E-state index in [9.17, 15) is 9.90 Å². The van der Waals surface area contributed by atoms with Crippen LogP contribution >= 0.6 is 0 Å². The van der Waals surface area contributed by atoms with Crippen LogP contribution in [0.3, 0.4) is 0 Å². The quantitative estimate of drug-likeness (QED) is 0.671.